The number of hydrogen-bond donors (Lipinski definition) is 1. The van der Waals surface area contributed by atoms with E-state index in [4.69, 9.17) is 4.74 Å². The Morgan fingerprint density at radius 1 is 1.71 bits per heavy atom. The van der Waals surface area contributed by atoms with Crippen molar-refractivity contribution in [3.8, 4) is 0 Å². The zero-order valence-corrected chi connectivity index (χ0v) is 9.84. The Hall–Kier alpha value is -1.04. The molecule has 0 aromatic carbocycles. The molecule has 0 amide bonds. The molecule has 2 unspecified atom stereocenters. The van der Waals surface area contributed by atoms with Crippen LogP contribution in [0.5, 0.6) is 0 Å². The molecule has 0 radical (unpaired) electrons. The van der Waals surface area contributed by atoms with E-state index in [1.54, 1.807) is 0 Å². The summed E-state index contributed by atoms with van der Waals surface area (Å²) >= 11 is 0. The predicted molar refractivity (Wildman–Crippen MR) is 61.0 cm³/mol. The number of hydrogen-bond acceptors (Lipinski definition) is 4. The summed E-state index contributed by atoms with van der Waals surface area (Å²) in [7, 11) is 0. The first-order valence-corrected chi connectivity index (χ1v) is 5.83. The molecule has 1 N–H and O–H groups in total. The number of aliphatic hydroxyl groups is 1. The molecule has 2 rings (SSSR count). The van der Waals surface area contributed by atoms with Crippen LogP contribution in [0.2, 0.25) is 0 Å². The van der Waals surface area contributed by atoms with Crippen molar-refractivity contribution in [2.45, 2.75) is 19.1 Å². The number of aliphatic hydroxyl groups excluding tert-OH is 1. The van der Waals surface area contributed by atoms with Gasteiger partial charge in [-0.1, -0.05) is 6.92 Å². The minimum Gasteiger partial charge on any atom is -0.386 e. The maximum atomic E-state index is 13.5. The zero-order chi connectivity index (χ0) is 12.3. The van der Waals surface area contributed by atoms with Gasteiger partial charge in [0.1, 0.15) is 18.0 Å². The van der Waals surface area contributed by atoms with E-state index in [2.05, 4.69) is 16.8 Å². The molecule has 94 valence electrons. The molecule has 1 aromatic heterocycles. The van der Waals surface area contributed by atoms with Crippen molar-refractivity contribution in [1.29, 1.82) is 0 Å². The Labute approximate surface area is 100 Å². The minimum absolute atomic E-state index is 0.253. The molecule has 2 atom stereocenters. The van der Waals surface area contributed by atoms with Crippen molar-refractivity contribution >= 4 is 0 Å². The van der Waals surface area contributed by atoms with Gasteiger partial charge in [-0.25, -0.2) is 4.39 Å². The number of ether oxygens (including phenoxy) is 1. The van der Waals surface area contributed by atoms with Crippen molar-refractivity contribution in [3.63, 3.8) is 0 Å². The molecule has 1 aliphatic heterocycles. The number of aromatic nitrogens is 1. The fourth-order valence-electron chi connectivity index (χ4n) is 2.04. The first-order valence-electron chi connectivity index (χ1n) is 5.83. The van der Waals surface area contributed by atoms with E-state index in [1.807, 2.05) is 0 Å². The highest BCUT2D eigenvalue weighted by Gasteiger charge is 2.28. The summed E-state index contributed by atoms with van der Waals surface area (Å²) in [4.78, 5) is 5.84. The van der Waals surface area contributed by atoms with E-state index in [0.29, 0.717) is 13.2 Å². The van der Waals surface area contributed by atoms with Crippen LogP contribution in [-0.2, 0) is 4.74 Å². The van der Waals surface area contributed by atoms with Gasteiger partial charge in [-0.15, -0.1) is 0 Å². The van der Waals surface area contributed by atoms with Gasteiger partial charge in [0.15, 0.2) is 0 Å². The van der Waals surface area contributed by atoms with E-state index < -0.39 is 11.9 Å². The molecule has 2 heterocycles. The summed E-state index contributed by atoms with van der Waals surface area (Å²) in [5.41, 5.74) is 0.253. The van der Waals surface area contributed by atoms with Gasteiger partial charge in [0.25, 0.3) is 0 Å². The Morgan fingerprint density at radius 3 is 3.24 bits per heavy atom. The molecule has 0 bridgehead atoms. The maximum Gasteiger partial charge on any atom is 0.147 e. The van der Waals surface area contributed by atoms with E-state index in [0.717, 1.165) is 19.3 Å². The van der Waals surface area contributed by atoms with Crippen molar-refractivity contribution in [3.05, 3.63) is 29.8 Å². The third-order valence-electron chi connectivity index (χ3n) is 3.10. The van der Waals surface area contributed by atoms with Gasteiger partial charge in [-0.3, -0.25) is 9.88 Å². The molecule has 4 nitrogen and oxygen atoms in total. The molecule has 5 heteroatoms. The molecule has 1 fully saturated rings. The summed E-state index contributed by atoms with van der Waals surface area (Å²) < 4.78 is 19.0. The minimum atomic E-state index is -0.938. The van der Waals surface area contributed by atoms with Gasteiger partial charge in [-0.05, 0) is 12.6 Å². The molecule has 0 spiro atoms. The van der Waals surface area contributed by atoms with Crippen LogP contribution in [0, 0.1) is 5.82 Å². The van der Waals surface area contributed by atoms with E-state index in [1.165, 1.54) is 12.3 Å². The normalized spacial score (nSPS) is 23.6. The smallest absolute Gasteiger partial charge is 0.147 e. The van der Waals surface area contributed by atoms with Gasteiger partial charge >= 0.3 is 0 Å². The fraction of sp³-hybridized carbons (Fsp3) is 0.583. The highest BCUT2D eigenvalue weighted by atomic mass is 19.1. The van der Waals surface area contributed by atoms with Crippen LogP contribution in [0.4, 0.5) is 4.39 Å². The third kappa shape index (κ3) is 2.80. The lowest BCUT2D eigenvalue weighted by atomic mass is 10.0. The number of likely N-dealkylation sites (N-methyl/N-ethyl adjacent to an activating group) is 1. The third-order valence-corrected chi connectivity index (χ3v) is 3.10. The van der Waals surface area contributed by atoms with E-state index in [-0.39, 0.29) is 11.7 Å². The van der Waals surface area contributed by atoms with Crippen molar-refractivity contribution in [2.24, 2.45) is 0 Å². The number of rotatable bonds is 3. The van der Waals surface area contributed by atoms with Gasteiger partial charge in [0, 0.05) is 24.8 Å². The number of nitrogens with zero attached hydrogens (tertiary/aromatic N) is 2. The Morgan fingerprint density at radius 2 is 2.53 bits per heavy atom. The second-order valence-electron chi connectivity index (χ2n) is 4.14. The molecule has 0 saturated carbocycles. The number of pyridine rings is 1. The number of halogens is 1. The standard InChI is InChI=1S/C12H17FN2O2/c1-2-15-5-6-17-11(8-15)12(16)9-3-4-14-7-10(9)13/h3-4,7,11-12,16H,2,5-6,8H2,1H3. The molecular formula is C12H17FN2O2. The second-order valence-corrected chi connectivity index (χ2v) is 4.14. The quantitative estimate of drug-likeness (QED) is 0.855. The molecular weight excluding hydrogens is 223 g/mol. The lowest BCUT2D eigenvalue weighted by Crippen LogP contribution is -2.45. The van der Waals surface area contributed by atoms with Crippen LogP contribution in [0.1, 0.15) is 18.6 Å². The average Bonchev–Trinajstić information content (AvgIpc) is 2.38. The lowest BCUT2D eigenvalue weighted by Gasteiger charge is -2.34. The van der Waals surface area contributed by atoms with Gasteiger partial charge in [-0.2, -0.15) is 0 Å². The topological polar surface area (TPSA) is 45.6 Å². The van der Waals surface area contributed by atoms with Gasteiger partial charge in [0.2, 0.25) is 0 Å². The van der Waals surface area contributed by atoms with E-state index >= 15 is 0 Å². The molecule has 0 aliphatic carbocycles. The summed E-state index contributed by atoms with van der Waals surface area (Å²) in [6.45, 7) is 5.02. The van der Waals surface area contributed by atoms with Gasteiger partial charge in [0.05, 0.1) is 12.8 Å². The van der Waals surface area contributed by atoms with Crippen LogP contribution in [0.15, 0.2) is 18.5 Å². The van der Waals surface area contributed by atoms with Crippen LogP contribution in [0.25, 0.3) is 0 Å². The monoisotopic (exact) mass is 240 g/mol. The Balaban J connectivity index is 2.09. The van der Waals surface area contributed by atoms with Crippen molar-refractivity contribution in [1.82, 2.24) is 9.88 Å². The first-order chi connectivity index (χ1) is 8.22. The van der Waals surface area contributed by atoms with Crippen LogP contribution < -0.4 is 0 Å². The van der Waals surface area contributed by atoms with Gasteiger partial charge < -0.3 is 9.84 Å². The molecule has 1 saturated heterocycles. The average molecular weight is 240 g/mol. The number of morpholine rings is 1. The lowest BCUT2D eigenvalue weighted by molar-refractivity contribution is -0.0897. The van der Waals surface area contributed by atoms with Crippen LogP contribution in [0.3, 0.4) is 0 Å². The van der Waals surface area contributed by atoms with Crippen molar-refractivity contribution < 1.29 is 14.2 Å². The van der Waals surface area contributed by atoms with E-state index in [9.17, 15) is 9.50 Å². The molecule has 1 aliphatic rings. The molecule has 17 heavy (non-hydrogen) atoms. The second kappa shape index (κ2) is 5.53. The highest BCUT2D eigenvalue weighted by molar-refractivity contribution is 5.17. The molecule has 1 aromatic rings. The maximum absolute atomic E-state index is 13.5. The largest absolute Gasteiger partial charge is 0.386 e. The first kappa shape index (κ1) is 12.4. The van der Waals surface area contributed by atoms with Crippen LogP contribution >= 0.6 is 0 Å². The zero-order valence-electron chi connectivity index (χ0n) is 9.84. The Bertz CT molecular complexity index is 375. The SMILES string of the molecule is CCN1CCOC(C(O)c2ccncc2F)C1. The Kier molecular flexibility index (Phi) is 4.04. The summed E-state index contributed by atoms with van der Waals surface area (Å²) in [6.07, 6.45) is 1.27. The summed E-state index contributed by atoms with van der Waals surface area (Å²) in [6, 6.07) is 1.49. The van der Waals surface area contributed by atoms with Crippen LogP contribution in [-0.4, -0.2) is 47.3 Å². The van der Waals surface area contributed by atoms with Crippen molar-refractivity contribution in [2.75, 3.05) is 26.2 Å². The fourth-order valence-corrected chi connectivity index (χ4v) is 2.04. The summed E-state index contributed by atoms with van der Waals surface area (Å²) in [5.74, 6) is -0.489. The predicted octanol–water partition coefficient (Wildman–Crippen LogP) is 0.975. The summed E-state index contributed by atoms with van der Waals surface area (Å²) in [5, 5.41) is 10.1. The highest BCUT2D eigenvalue weighted by Crippen LogP contribution is 2.23.